The average molecular weight is 435 g/mol. The molecule has 2 amide bonds. The van der Waals surface area contributed by atoms with E-state index in [2.05, 4.69) is 10.5 Å². The molecule has 5 rings (SSSR count). The van der Waals surface area contributed by atoms with Crippen molar-refractivity contribution in [1.82, 2.24) is 10.1 Å². The number of aromatic nitrogens is 1. The zero-order chi connectivity index (χ0) is 22.1. The van der Waals surface area contributed by atoms with E-state index in [1.165, 1.54) is 30.3 Å². The van der Waals surface area contributed by atoms with Gasteiger partial charge in [-0.05, 0) is 36.4 Å². The summed E-state index contributed by atoms with van der Waals surface area (Å²) in [5.41, 5.74) is 1.34. The van der Waals surface area contributed by atoms with Crippen molar-refractivity contribution in [2.45, 2.75) is 0 Å². The summed E-state index contributed by atoms with van der Waals surface area (Å²) in [6.45, 7) is 1.76. The Labute approximate surface area is 181 Å². The fraction of sp³-hybridized carbons (Fsp3) is 0.174. The third kappa shape index (κ3) is 3.74. The molecule has 162 valence electrons. The van der Waals surface area contributed by atoms with Crippen molar-refractivity contribution in [2.24, 2.45) is 0 Å². The Balaban J connectivity index is 1.45. The van der Waals surface area contributed by atoms with Crippen LogP contribution in [0.2, 0.25) is 0 Å². The van der Waals surface area contributed by atoms with Crippen molar-refractivity contribution in [3.63, 3.8) is 0 Å². The zero-order valence-electron chi connectivity index (χ0n) is 16.8. The lowest BCUT2D eigenvalue weighted by molar-refractivity contribution is 0.0285. The van der Waals surface area contributed by atoms with Crippen LogP contribution in [0, 0.1) is 5.82 Å². The maximum Gasteiger partial charge on any atom is 0.291 e. The van der Waals surface area contributed by atoms with Crippen LogP contribution in [-0.2, 0) is 4.74 Å². The number of hydrogen-bond acceptors (Lipinski definition) is 6. The lowest BCUT2D eigenvalue weighted by atomic mass is 10.1. The third-order valence-electron chi connectivity index (χ3n) is 5.20. The first-order valence-electron chi connectivity index (χ1n) is 10.0. The number of benzene rings is 2. The highest BCUT2D eigenvalue weighted by Crippen LogP contribution is 2.32. The zero-order valence-corrected chi connectivity index (χ0v) is 16.8. The Hall–Kier alpha value is -3.98. The number of fused-ring (bicyclic) bond motifs is 1. The van der Waals surface area contributed by atoms with E-state index in [1.807, 2.05) is 0 Å². The maximum absolute atomic E-state index is 13.2. The predicted molar refractivity (Wildman–Crippen MR) is 113 cm³/mol. The molecule has 8 nitrogen and oxygen atoms in total. The molecule has 32 heavy (non-hydrogen) atoms. The van der Waals surface area contributed by atoms with E-state index in [0.29, 0.717) is 48.6 Å². The van der Waals surface area contributed by atoms with Crippen molar-refractivity contribution in [3.8, 4) is 11.3 Å². The topological polar surface area (TPSA) is 97.8 Å². The van der Waals surface area contributed by atoms with Crippen molar-refractivity contribution < 1.29 is 27.7 Å². The van der Waals surface area contributed by atoms with Gasteiger partial charge in [0.05, 0.1) is 13.2 Å². The molecule has 2 aromatic heterocycles. The highest BCUT2D eigenvalue weighted by atomic mass is 19.1. The van der Waals surface area contributed by atoms with Crippen molar-refractivity contribution in [2.75, 3.05) is 31.6 Å². The lowest BCUT2D eigenvalue weighted by Crippen LogP contribution is -2.40. The van der Waals surface area contributed by atoms with Gasteiger partial charge in [-0.1, -0.05) is 17.3 Å². The van der Waals surface area contributed by atoms with Crippen molar-refractivity contribution in [1.29, 1.82) is 0 Å². The smallest absolute Gasteiger partial charge is 0.291 e. The molecular formula is C23H18FN3O5. The number of halogens is 1. The molecule has 0 saturated carbocycles. The van der Waals surface area contributed by atoms with Gasteiger partial charge in [-0.15, -0.1) is 0 Å². The summed E-state index contributed by atoms with van der Waals surface area (Å²) in [5.74, 6) is -0.910. The van der Waals surface area contributed by atoms with Crippen LogP contribution in [0.1, 0.15) is 21.0 Å². The van der Waals surface area contributed by atoms with Crippen LogP contribution in [0.3, 0.4) is 0 Å². The van der Waals surface area contributed by atoms with Gasteiger partial charge in [0.25, 0.3) is 11.8 Å². The molecule has 0 atom stereocenters. The molecule has 0 spiro atoms. The van der Waals surface area contributed by atoms with Crippen LogP contribution < -0.4 is 5.32 Å². The van der Waals surface area contributed by atoms with E-state index in [1.54, 1.807) is 29.2 Å². The minimum atomic E-state index is -0.565. The third-order valence-corrected chi connectivity index (χ3v) is 5.20. The number of hydrogen-bond donors (Lipinski definition) is 1. The SMILES string of the molecule is O=C(Nc1c(C(=O)N2CCOCC2)oc2ccccc12)c1cc(-c2ccc(F)cc2)on1. The number of nitrogens with zero attached hydrogens (tertiary/aromatic N) is 2. The molecule has 4 aromatic rings. The molecule has 0 bridgehead atoms. The molecule has 1 N–H and O–H groups in total. The summed E-state index contributed by atoms with van der Waals surface area (Å²) in [7, 11) is 0. The Bertz CT molecular complexity index is 1290. The molecule has 0 unspecified atom stereocenters. The fourth-order valence-corrected chi connectivity index (χ4v) is 3.54. The summed E-state index contributed by atoms with van der Waals surface area (Å²) in [6, 6.07) is 14.2. The van der Waals surface area contributed by atoms with Gasteiger partial charge in [0, 0.05) is 30.1 Å². The summed E-state index contributed by atoms with van der Waals surface area (Å²) < 4.78 is 29.5. The quantitative estimate of drug-likeness (QED) is 0.521. The van der Waals surface area contributed by atoms with E-state index >= 15 is 0 Å². The summed E-state index contributed by atoms with van der Waals surface area (Å²) in [4.78, 5) is 27.6. The monoisotopic (exact) mass is 435 g/mol. The molecule has 1 aliphatic rings. The van der Waals surface area contributed by atoms with E-state index in [0.717, 1.165) is 0 Å². The molecule has 0 aliphatic carbocycles. The molecule has 1 aliphatic heterocycles. The second-order valence-electron chi connectivity index (χ2n) is 7.24. The predicted octanol–water partition coefficient (Wildman–Crippen LogP) is 3.95. The van der Waals surface area contributed by atoms with Crippen LogP contribution in [-0.4, -0.2) is 48.2 Å². The number of para-hydroxylation sites is 1. The van der Waals surface area contributed by atoms with Gasteiger partial charge in [0.1, 0.15) is 17.1 Å². The van der Waals surface area contributed by atoms with Gasteiger partial charge in [-0.2, -0.15) is 0 Å². The number of carbonyl (C=O) groups is 2. The maximum atomic E-state index is 13.2. The Morgan fingerprint density at radius 1 is 1.03 bits per heavy atom. The Morgan fingerprint density at radius 2 is 1.78 bits per heavy atom. The van der Waals surface area contributed by atoms with E-state index in [9.17, 15) is 14.0 Å². The van der Waals surface area contributed by atoms with Gasteiger partial charge in [-0.25, -0.2) is 4.39 Å². The van der Waals surface area contributed by atoms with E-state index in [4.69, 9.17) is 13.7 Å². The highest BCUT2D eigenvalue weighted by Gasteiger charge is 2.28. The number of ether oxygens (including phenoxy) is 1. The van der Waals surface area contributed by atoms with Crippen LogP contribution in [0.25, 0.3) is 22.3 Å². The number of morpholine rings is 1. The van der Waals surface area contributed by atoms with Crippen molar-refractivity contribution in [3.05, 3.63) is 71.9 Å². The van der Waals surface area contributed by atoms with E-state index in [-0.39, 0.29) is 28.9 Å². The highest BCUT2D eigenvalue weighted by molar-refractivity contribution is 6.14. The standard InChI is InChI=1S/C23H18FN3O5/c24-15-7-5-14(6-8-15)19-13-17(26-32-19)22(28)25-20-16-3-1-2-4-18(16)31-21(20)23(29)27-9-11-30-12-10-27/h1-8,13H,9-12H2,(H,25,28). The Morgan fingerprint density at radius 3 is 2.56 bits per heavy atom. The number of nitrogens with one attached hydrogen (secondary N) is 1. The van der Waals surface area contributed by atoms with Gasteiger partial charge in [-0.3, -0.25) is 9.59 Å². The number of furan rings is 1. The van der Waals surface area contributed by atoms with Crippen LogP contribution >= 0.6 is 0 Å². The van der Waals surface area contributed by atoms with Gasteiger partial charge in [0.15, 0.2) is 11.5 Å². The minimum Gasteiger partial charge on any atom is -0.449 e. The summed E-state index contributed by atoms with van der Waals surface area (Å²) in [5, 5.41) is 7.16. The second-order valence-corrected chi connectivity index (χ2v) is 7.24. The van der Waals surface area contributed by atoms with Gasteiger partial charge >= 0.3 is 0 Å². The second kappa shape index (κ2) is 8.27. The number of amides is 2. The average Bonchev–Trinajstić information content (AvgIpc) is 3.46. The van der Waals surface area contributed by atoms with Crippen LogP contribution in [0.5, 0.6) is 0 Å². The van der Waals surface area contributed by atoms with Crippen LogP contribution in [0.15, 0.2) is 63.5 Å². The number of anilines is 1. The summed E-state index contributed by atoms with van der Waals surface area (Å²) in [6.07, 6.45) is 0. The van der Waals surface area contributed by atoms with Gasteiger partial charge in [0.2, 0.25) is 5.76 Å². The first kappa shape index (κ1) is 20.0. The molecule has 0 radical (unpaired) electrons. The fourth-order valence-electron chi connectivity index (χ4n) is 3.54. The molecular weight excluding hydrogens is 417 g/mol. The number of rotatable bonds is 4. The normalized spacial score (nSPS) is 14.0. The van der Waals surface area contributed by atoms with Gasteiger partial charge < -0.3 is 23.9 Å². The number of carbonyl (C=O) groups excluding carboxylic acids is 2. The largest absolute Gasteiger partial charge is 0.449 e. The molecule has 1 fully saturated rings. The minimum absolute atomic E-state index is 0.0133. The first-order chi connectivity index (χ1) is 15.6. The van der Waals surface area contributed by atoms with Crippen molar-refractivity contribution >= 4 is 28.5 Å². The molecule has 3 heterocycles. The molecule has 9 heteroatoms. The molecule has 1 saturated heterocycles. The lowest BCUT2D eigenvalue weighted by Gasteiger charge is -2.26. The Kier molecular flexibility index (Phi) is 5.16. The summed E-state index contributed by atoms with van der Waals surface area (Å²) >= 11 is 0. The molecule has 2 aromatic carbocycles. The first-order valence-corrected chi connectivity index (χ1v) is 10.0. The van der Waals surface area contributed by atoms with Crippen LogP contribution in [0.4, 0.5) is 10.1 Å². The van der Waals surface area contributed by atoms with E-state index < -0.39 is 5.91 Å².